The first-order chi connectivity index (χ1) is 9.15. The van der Waals surface area contributed by atoms with Crippen molar-refractivity contribution in [3.05, 3.63) is 29.3 Å². The van der Waals surface area contributed by atoms with Crippen LogP contribution in [0.5, 0.6) is 11.5 Å². The second kappa shape index (κ2) is 5.84. The molecule has 0 aromatic heterocycles. The Labute approximate surface area is 116 Å². The Bertz CT molecular complexity index is 509. The quantitative estimate of drug-likeness (QED) is 0.867. The first-order valence-corrected chi connectivity index (χ1v) is 6.16. The average molecular weight is 283 g/mol. The van der Waals surface area contributed by atoms with Crippen molar-refractivity contribution in [2.45, 2.75) is 0 Å². The van der Waals surface area contributed by atoms with Gasteiger partial charge in [-0.15, -0.1) is 0 Å². The number of carbonyl (C=O) groups excluding carboxylic acids is 1. The molecule has 6 heteroatoms. The Hall–Kier alpha value is -1.88. The third-order valence-electron chi connectivity index (χ3n) is 2.82. The SMILES string of the molecule is COc1cc(OC)c(NC(=O)N2CC=CC2)cc1Cl. The molecule has 19 heavy (non-hydrogen) atoms. The highest BCUT2D eigenvalue weighted by molar-refractivity contribution is 6.32. The molecule has 0 bridgehead atoms. The summed E-state index contributed by atoms with van der Waals surface area (Å²) in [7, 11) is 3.05. The summed E-state index contributed by atoms with van der Waals surface area (Å²) in [5.74, 6) is 1.00. The molecule has 1 aliphatic heterocycles. The average Bonchev–Trinajstić information content (AvgIpc) is 2.93. The van der Waals surface area contributed by atoms with Crippen LogP contribution in [-0.2, 0) is 0 Å². The summed E-state index contributed by atoms with van der Waals surface area (Å²) in [6.45, 7) is 1.22. The van der Waals surface area contributed by atoms with Crippen LogP contribution in [0.2, 0.25) is 5.02 Å². The molecule has 2 amide bonds. The summed E-state index contributed by atoms with van der Waals surface area (Å²) in [6.07, 6.45) is 3.88. The van der Waals surface area contributed by atoms with Crippen molar-refractivity contribution < 1.29 is 14.3 Å². The number of rotatable bonds is 3. The number of halogens is 1. The van der Waals surface area contributed by atoms with E-state index in [1.807, 2.05) is 12.2 Å². The van der Waals surface area contributed by atoms with Crippen molar-refractivity contribution in [2.24, 2.45) is 0 Å². The smallest absolute Gasteiger partial charge is 0.322 e. The Morgan fingerprint density at radius 3 is 2.42 bits per heavy atom. The van der Waals surface area contributed by atoms with Gasteiger partial charge in [0, 0.05) is 19.2 Å². The molecular weight excluding hydrogens is 268 g/mol. The van der Waals surface area contributed by atoms with Crippen LogP contribution in [0, 0.1) is 0 Å². The number of hydrogen-bond acceptors (Lipinski definition) is 3. The number of benzene rings is 1. The number of nitrogens with one attached hydrogen (secondary N) is 1. The van der Waals surface area contributed by atoms with Gasteiger partial charge in [0.15, 0.2) is 0 Å². The zero-order chi connectivity index (χ0) is 13.8. The summed E-state index contributed by atoms with van der Waals surface area (Å²) in [5, 5.41) is 3.19. The first-order valence-electron chi connectivity index (χ1n) is 5.78. The van der Waals surface area contributed by atoms with Crippen LogP contribution in [0.4, 0.5) is 10.5 Å². The predicted octanol–water partition coefficient (Wildman–Crippen LogP) is 2.76. The van der Waals surface area contributed by atoms with Crippen LogP contribution in [-0.4, -0.2) is 38.2 Å². The van der Waals surface area contributed by atoms with Gasteiger partial charge in [0.1, 0.15) is 11.5 Å². The van der Waals surface area contributed by atoms with Crippen LogP contribution in [0.1, 0.15) is 0 Å². The highest BCUT2D eigenvalue weighted by Gasteiger charge is 2.17. The van der Waals surface area contributed by atoms with E-state index in [1.54, 1.807) is 17.0 Å². The minimum absolute atomic E-state index is 0.190. The lowest BCUT2D eigenvalue weighted by molar-refractivity contribution is 0.224. The van der Waals surface area contributed by atoms with Gasteiger partial charge in [-0.3, -0.25) is 0 Å². The second-order valence-corrected chi connectivity index (χ2v) is 4.40. The summed E-state index contributed by atoms with van der Waals surface area (Å²) in [4.78, 5) is 13.7. The van der Waals surface area contributed by atoms with Crippen LogP contribution >= 0.6 is 11.6 Å². The maximum Gasteiger partial charge on any atom is 0.322 e. The van der Waals surface area contributed by atoms with Gasteiger partial charge in [-0.2, -0.15) is 0 Å². The predicted molar refractivity (Wildman–Crippen MR) is 74.3 cm³/mol. The molecule has 0 saturated carbocycles. The fourth-order valence-corrected chi connectivity index (χ4v) is 2.04. The van der Waals surface area contributed by atoms with Gasteiger partial charge in [0.25, 0.3) is 0 Å². The minimum Gasteiger partial charge on any atom is -0.495 e. The molecule has 0 saturated heterocycles. The molecule has 0 radical (unpaired) electrons. The van der Waals surface area contributed by atoms with Gasteiger partial charge < -0.3 is 19.7 Å². The molecular formula is C13H15ClN2O3. The Morgan fingerprint density at radius 2 is 1.84 bits per heavy atom. The molecule has 0 spiro atoms. The van der Waals surface area contributed by atoms with Crippen LogP contribution in [0.25, 0.3) is 0 Å². The van der Waals surface area contributed by atoms with E-state index in [4.69, 9.17) is 21.1 Å². The maximum absolute atomic E-state index is 12.0. The lowest BCUT2D eigenvalue weighted by atomic mass is 10.2. The summed E-state index contributed by atoms with van der Waals surface area (Å²) < 4.78 is 10.3. The standard InChI is InChI=1S/C13H15ClN2O3/c1-18-11-8-12(19-2)10(7-9(11)14)15-13(17)16-5-3-4-6-16/h3-4,7-8H,5-6H2,1-2H3,(H,15,17). The number of amides is 2. The second-order valence-electron chi connectivity index (χ2n) is 3.99. The molecule has 102 valence electrons. The van der Waals surface area contributed by atoms with E-state index >= 15 is 0 Å². The third-order valence-corrected chi connectivity index (χ3v) is 3.12. The highest BCUT2D eigenvalue weighted by Crippen LogP contribution is 2.36. The van der Waals surface area contributed by atoms with Crippen molar-refractivity contribution >= 4 is 23.3 Å². The molecule has 5 nitrogen and oxygen atoms in total. The number of carbonyl (C=O) groups is 1. The Balaban J connectivity index is 2.19. The number of hydrogen-bond donors (Lipinski definition) is 1. The highest BCUT2D eigenvalue weighted by atomic mass is 35.5. The number of urea groups is 1. The number of ether oxygens (including phenoxy) is 2. The zero-order valence-corrected chi connectivity index (χ0v) is 11.5. The van der Waals surface area contributed by atoms with Gasteiger partial charge in [0.2, 0.25) is 0 Å². The Morgan fingerprint density at radius 1 is 1.21 bits per heavy atom. The van der Waals surface area contributed by atoms with Crippen LogP contribution < -0.4 is 14.8 Å². The largest absolute Gasteiger partial charge is 0.495 e. The van der Waals surface area contributed by atoms with Gasteiger partial charge >= 0.3 is 6.03 Å². The molecule has 0 unspecified atom stereocenters. The monoisotopic (exact) mass is 282 g/mol. The van der Waals surface area contributed by atoms with Gasteiger partial charge in [0.05, 0.1) is 24.9 Å². The van der Waals surface area contributed by atoms with E-state index in [1.165, 1.54) is 14.2 Å². The van der Waals surface area contributed by atoms with E-state index in [-0.39, 0.29) is 6.03 Å². The van der Waals surface area contributed by atoms with E-state index in [9.17, 15) is 4.79 Å². The van der Waals surface area contributed by atoms with Crippen molar-refractivity contribution in [1.29, 1.82) is 0 Å². The molecule has 0 aliphatic carbocycles. The van der Waals surface area contributed by atoms with Crippen LogP contribution in [0.3, 0.4) is 0 Å². The first kappa shape index (κ1) is 13.5. The molecule has 1 aromatic carbocycles. The van der Waals surface area contributed by atoms with E-state index < -0.39 is 0 Å². The maximum atomic E-state index is 12.0. The fraction of sp³-hybridized carbons (Fsp3) is 0.308. The van der Waals surface area contributed by atoms with Gasteiger partial charge in [-0.05, 0) is 6.07 Å². The van der Waals surface area contributed by atoms with E-state index in [0.717, 1.165) is 0 Å². The fourth-order valence-electron chi connectivity index (χ4n) is 1.80. The van der Waals surface area contributed by atoms with Gasteiger partial charge in [-0.25, -0.2) is 4.79 Å². The lowest BCUT2D eigenvalue weighted by Gasteiger charge is -2.18. The van der Waals surface area contributed by atoms with Crippen molar-refractivity contribution in [2.75, 3.05) is 32.6 Å². The van der Waals surface area contributed by atoms with Crippen LogP contribution in [0.15, 0.2) is 24.3 Å². The van der Waals surface area contributed by atoms with Crippen molar-refractivity contribution in [3.63, 3.8) is 0 Å². The van der Waals surface area contributed by atoms with Crippen molar-refractivity contribution in [1.82, 2.24) is 4.90 Å². The number of nitrogens with zero attached hydrogens (tertiary/aromatic N) is 1. The normalized spacial score (nSPS) is 13.5. The minimum atomic E-state index is -0.190. The number of anilines is 1. The summed E-state index contributed by atoms with van der Waals surface area (Å²) in [5.41, 5.74) is 0.519. The summed E-state index contributed by atoms with van der Waals surface area (Å²) in [6, 6.07) is 3.06. The molecule has 1 aliphatic rings. The third kappa shape index (κ3) is 2.93. The van der Waals surface area contributed by atoms with Crippen molar-refractivity contribution in [3.8, 4) is 11.5 Å². The number of methoxy groups -OCH3 is 2. The molecule has 2 rings (SSSR count). The zero-order valence-electron chi connectivity index (χ0n) is 10.8. The molecule has 1 N–H and O–H groups in total. The Kier molecular flexibility index (Phi) is 4.16. The van der Waals surface area contributed by atoms with E-state index in [2.05, 4.69) is 5.32 Å². The molecule has 1 aromatic rings. The lowest BCUT2D eigenvalue weighted by Crippen LogP contribution is -2.32. The van der Waals surface area contributed by atoms with Gasteiger partial charge in [-0.1, -0.05) is 23.8 Å². The van der Waals surface area contributed by atoms with E-state index in [0.29, 0.717) is 35.3 Å². The topological polar surface area (TPSA) is 50.8 Å². The molecule has 1 heterocycles. The summed E-state index contributed by atoms with van der Waals surface area (Å²) >= 11 is 6.04. The molecule has 0 fully saturated rings. The molecule has 0 atom stereocenters.